The molecule has 3 aliphatic carbocycles. The molecule has 3 aliphatic heterocycles. The standard InChI is InChI=1S/C47H71FN2O11/c1-10-27-14-13-17-37(61-39-19-18-36(50(5)6)25(3)57-39)24(2)42(52)33-22-30-29-20-28(60-47-46(56-9)45(55-8)44(54-7)26(4)58-47)21-32(29)43(53)41(40(30)31(33)23-38(51)59-27)49-35-16-12-11-15-34(35)48/h11-12,15-16,22,24-32,36-37,39-41,43-47,49,53H,10,13-14,17-21,23H2,1-9H3/t24-,25?,26?,27+,28+,29+,30+,31-,32-,36+,37+,39+,40-,41-,43-,44+,45?,46+,47+/m1/s1. The van der Waals surface area contributed by atoms with Crippen LogP contribution in [-0.4, -0.2) is 137 Å². The van der Waals surface area contributed by atoms with E-state index in [1.165, 1.54) is 6.07 Å². The van der Waals surface area contributed by atoms with Gasteiger partial charge >= 0.3 is 5.97 Å². The number of cyclic esters (lactones) is 1. The molecule has 2 saturated carbocycles. The van der Waals surface area contributed by atoms with Crippen molar-refractivity contribution in [2.45, 2.75) is 165 Å². The number of hydrogen-bond donors (Lipinski definition) is 2. The third-order valence-electron chi connectivity index (χ3n) is 15.1. The molecule has 2 N–H and O–H groups in total. The number of benzene rings is 1. The molecule has 0 spiro atoms. The van der Waals surface area contributed by atoms with E-state index in [9.17, 15) is 9.90 Å². The predicted octanol–water partition coefficient (Wildman–Crippen LogP) is 5.91. The topological polar surface area (TPSA) is 143 Å². The Hall–Kier alpha value is -2.53. The molecule has 342 valence electrons. The Bertz CT molecular complexity index is 1680. The molecule has 6 aliphatic rings. The van der Waals surface area contributed by atoms with E-state index in [-0.39, 0.29) is 78.2 Å². The molecule has 5 fully saturated rings. The number of hydrogen-bond acceptors (Lipinski definition) is 13. The first kappa shape index (κ1) is 46.5. The van der Waals surface area contributed by atoms with Crippen molar-refractivity contribution < 1.29 is 57.0 Å². The lowest BCUT2D eigenvalue weighted by atomic mass is 9.62. The maximum atomic E-state index is 15.5. The van der Waals surface area contributed by atoms with Gasteiger partial charge in [-0.1, -0.05) is 32.1 Å². The largest absolute Gasteiger partial charge is 0.462 e. The molecule has 1 aromatic rings. The molecule has 3 heterocycles. The quantitative estimate of drug-likeness (QED) is 0.255. The van der Waals surface area contributed by atoms with E-state index in [1.807, 2.05) is 20.8 Å². The number of carbonyl (C=O) groups is 2. The normalized spacial score (nSPS) is 43.3. The zero-order valence-corrected chi connectivity index (χ0v) is 37.6. The Kier molecular flexibility index (Phi) is 15.3. The number of esters is 1. The van der Waals surface area contributed by atoms with Crippen LogP contribution in [0.2, 0.25) is 0 Å². The van der Waals surface area contributed by atoms with Crippen molar-refractivity contribution in [2.75, 3.05) is 40.7 Å². The number of anilines is 1. The van der Waals surface area contributed by atoms with Gasteiger partial charge in [0.15, 0.2) is 18.4 Å². The van der Waals surface area contributed by atoms with Crippen LogP contribution in [-0.2, 0) is 47.5 Å². The number of ketones is 1. The average molecular weight is 859 g/mol. The van der Waals surface area contributed by atoms with Gasteiger partial charge in [0, 0.05) is 39.2 Å². The van der Waals surface area contributed by atoms with Crippen molar-refractivity contribution in [3.63, 3.8) is 0 Å². The number of Topliss-reactive ketones (excluding diaryl/α,β-unsaturated/α-hetero) is 1. The zero-order valence-electron chi connectivity index (χ0n) is 37.6. The second-order valence-corrected chi connectivity index (χ2v) is 18.8. The van der Waals surface area contributed by atoms with E-state index in [0.717, 1.165) is 19.3 Å². The summed E-state index contributed by atoms with van der Waals surface area (Å²) in [4.78, 5) is 31.3. The Morgan fingerprint density at radius 3 is 2.28 bits per heavy atom. The van der Waals surface area contributed by atoms with Crippen LogP contribution in [0.3, 0.4) is 0 Å². The van der Waals surface area contributed by atoms with Crippen molar-refractivity contribution in [2.24, 2.45) is 35.5 Å². The van der Waals surface area contributed by atoms with E-state index in [0.29, 0.717) is 37.7 Å². The number of likely N-dealkylation sites (N-methyl/N-ethyl adjacent to an activating group) is 1. The number of halogens is 1. The van der Waals surface area contributed by atoms with E-state index in [4.69, 9.17) is 37.9 Å². The molecule has 14 heteroatoms. The maximum absolute atomic E-state index is 15.5. The van der Waals surface area contributed by atoms with Crippen LogP contribution in [0.15, 0.2) is 35.9 Å². The van der Waals surface area contributed by atoms with E-state index in [2.05, 4.69) is 37.3 Å². The number of aliphatic hydroxyl groups excluding tert-OH is 1. The van der Waals surface area contributed by atoms with Crippen LogP contribution >= 0.6 is 0 Å². The second kappa shape index (κ2) is 20.1. The number of fused-ring (bicyclic) bond motifs is 5. The van der Waals surface area contributed by atoms with Crippen molar-refractivity contribution in [1.82, 2.24) is 4.90 Å². The molecule has 0 bridgehead atoms. The molecule has 0 aromatic heterocycles. The smallest absolute Gasteiger partial charge is 0.306 e. The molecule has 7 rings (SSSR count). The highest BCUT2D eigenvalue weighted by Gasteiger charge is 2.60. The number of nitrogens with one attached hydrogen (secondary N) is 1. The number of aliphatic hydroxyl groups is 1. The molecule has 13 nitrogen and oxygen atoms in total. The van der Waals surface area contributed by atoms with Crippen LogP contribution in [0.4, 0.5) is 10.1 Å². The summed E-state index contributed by atoms with van der Waals surface area (Å²) in [5.41, 5.74) is 0.809. The van der Waals surface area contributed by atoms with Crippen LogP contribution < -0.4 is 5.32 Å². The predicted molar refractivity (Wildman–Crippen MR) is 225 cm³/mol. The summed E-state index contributed by atoms with van der Waals surface area (Å²) >= 11 is 0. The molecular weight excluding hydrogens is 788 g/mol. The average Bonchev–Trinajstić information content (AvgIpc) is 3.82. The minimum absolute atomic E-state index is 0.0328. The van der Waals surface area contributed by atoms with Crippen molar-refractivity contribution in [3.8, 4) is 0 Å². The van der Waals surface area contributed by atoms with Crippen LogP contribution in [0.5, 0.6) is 0 Å². The van der Waals surface area contributed by atoms with Gasteiger partial charge in [-0.15, -0.1) is 0 Å². The SMILES string of the molecule is CC[C@H]1CCC[C@H](O[C@H]2CC[C@H](N(C)C)C(C)O2)[C@@H](C)C(=O)C2=C[C@H]3[C@@H]4C[C@H](O[C@@H]5OC(C)[C@H](OC)C(OC)[C@@H]5OC)C[C@H]4[C@@H](O)[C@H](Nc4ccccc4F)[C@H]3[C@@H]2CC(=O)O1. The molecular formula is C47H71FN2O11. The zero-order chi connectivity index (χ0) is 43.7. The lowest BCUT2D eigenvalue weighted by molar-refractivity contribution is -0.314. The monoisotopic (exact) mass is 859 g/mol. The van der Waals surface area contributed by atoms with E-state index < -0.39 is 66.6 Å². The summed E-state index contributed by atoms with van der Waals surface area (Å²) in [7, 11) is 8.95. The van der Waals surface area contributed by atoms with Gasteiger partial charge < -0.3 is 53.2 Å². The highest BCUT2D eigenvalue weighted by atomic mass is 19.1. The fourth-order valence-corrected chi connectivity index (χ4v) is 12.0. The number of nitrogens with zero attached hydrogens (tertiary/aromatic N) is 1. The van der Waals surface area contributed by atoms with Crippen molar-refractivity contribution >= 4 is 17.4 Å². The highest BCUT2D eigenvalue weighted by Crippen LogP contribution is 2.57. The summed E-state index contributed by atoms with van der Waals surface area (Å²) in [6.07, 6.45) is 2.45. The van der Waals surface area contributed by atoms with Crippen LogP contribution in [0.1, 0.15) is 85.5 Å². The van der Waals surface area contributed by atoms with Gasteiger partial charge in [-0.25, -0.2) is 4.39 Å². The van der Waals surface area contributed by atoms with Gasteiger partial charge in [-0.3, -0.25) is 9.59 Å². The summed E-state index contributed by atoms with van der Waals surface area (Å²) in [6, 6.07) is 6.00. The molecule has 19 atom stereocenters. The fourth-order valence-electron chi connectivity index (χ4n) is 12.0. The fraction of sp³-hybridized carbons (Fsp3) is 0.787. The number of allylic oxidation sites excluding steroid dienone is 2. The first-order valence-corrected chi connectivity index (χ1v) is 22.8. The molecule has 3 unspecified atom stereocenters. The van der Waals surface area contributed by atoms with Gasteiger partial charge in [0.1, 0.15) is 30.2 Å². The second-order valence-electron chi connectivity index (χ2n) is 18.8. The minimum atomic E-state index is -0.956. The third-order valence-corrected chi connectivity index (χ3v) is 15.1. The molecule has 1 aromatic carbocycles. The Morgan fingerprint density at radius 2 is 1.61 bits per heavy atom. The summed E-state index contributed by atoms with van der Waals surface area (Å²) in [5, 5.41) is 15.9. The number of para-hydroxylation sites is 1. The summed E-state index contributed by atoms with van der Waals surface area (Å²) in [5.74, 6) is -3.07. The van der Waals surface area contributed by atoms with Gasteiger partial charge in [-0.2, -0.15) is 0 Å². The van der Waals surface area contributed by atoms with Crippen LogP contribution in [0.25, 0.3) is 0 Å². The van der Waals surface area contributed by atoms with Gasteiger partial charge in [0.05, 0.1) is 48.7 Å². The lowest BCUT2D eigenvalue weighted by Crippen LogP contribution is -2.59. The Labute approximate surface area is 361 Å². The number of carbonyl (C=O) groups excluding carboxylic acids is 2. The molecule has 0 radical (unpaired) electrons. The highest BCUT2D eigenvalue weighted by molar-refractivity contribution is 5.99. The number of ether oxygens (including phenoxy) is 8. The third kappa shape index (κ3) is 9.64. The van der Waals surface area contributed by atoms with Crippen molar-refractivity contribution in [1.29, 1.82) is 0 Å². The maximum Gasteiger partial charge on any atom is 0.306 e. The first-order valence-electron chi connectivity index (χ1n) is 22.8. The Balaban J connectivity index is 1.21. The van der Waals surface area contributed by atoms with Gasteiger partial charge in [0.25, 0.3) is 0 Å². The molecule has 3 saturated heterocycles. The number of rotatable bonds is 11. The molecule has 0 amide bonds. The minimum Gasteiger partial charge on any atom is -0.462 e. The van der Waals surface area contributed by atoms with Crippen LogP contribution in [0, 0.1) is 41.3 Å². The summed E-state index contributed by atoms with van der Waals surface area (Å²) in [6.45, 7) is 7.95. The Morgan fingerprint density at radius 1 is 0.885 bits per heavy atom. The van der Waals surface area contributed by atoms with Crippen molar-refractivity contribution in [3.05, 3.63) is 41.7 Å². The summed E-state index contributed by atoms with van der Waals surface area (Å²) < 4.78 is 65.4. The first-order chi connectivity index (χ1) is 29.3. The molecule has 61 heavy (non-hydrogen) atoms. The van der Waals surface area contributed by atoms with Gasteiger partial charge in [-0.05, 0) is 121 Å². The van der Waals surface area contributed by atoms with E-state index in [1.54, 1.807) is 39.5 Å². The van der Waals surface area contributed by atoms with E-state index >= 15 is 9.18 Å². The lowest BCUT2D eigenvalue weighted by Gasteiger charge is -2.47. The number of methoxy groups -OCH3 is 3. The van der Waals surface area contributed by atoms with Gasteiger partial charge in [0.2, 0.25) is 0 Å².